The Morgan fingerprint density at radius 2 is 1.80 bits per heavy atom. The molecule has 0 bridgehead atoms. The fourth-order valence-corrected chi connectivity index (χ4v) is 1.22. The van der Waals surface area contributed by atoms with Crippen LogP contribution in [0.1, 0.15) is 40.5 Å². The summed E-state index contributed by atoms with van der Waals surface area (Å²) >= 11 is 1.86. The molecule has 0 spiro atoms. The molecule has 0 radical (unpaired) electrons. The van der Waals surface area contributed by atoms with Crippen molar-refractivity contribution in [3.05, 3.63) is 11.0 Å². The summed E-state index contributed by atoms with van der Waals surface area (Å²) in [6, 6.07) is 0. The van der Waals surface area contributed by atoms with Crippen LogP contribution in [-0.2, 0) is 0 Å². The zero-order valence-corrected chi connectivity index (χ0v) is 8.72. The van der Waals surface area contributed by atoms with Crippen LogP contribution in [0.4, 0.5) is 0 Å². The van der Waals surface area contributed by atoms with Crippen molar-refractivity contribution in [3.63, 3.8) is 0 Å². The maximum Gasteiger partial charge on any atom is -0.0140 e. The van der Waals surface area contributed by atoms with Gasteiger partial charge in [0.15, 0.2) is 0 Å². The van der Waals surface area contributed by atoms with Crippen molar-refractivity contribution >= 4 is 11.8 Å². The van der Waals surface area contributed by atoms with Crippen molar-refractivity contribution in [2.75, 3.05) is 6.26 Å². The average Bonchev–Trinajstić information content (AvgIpc) is 2.04. The Hall–Kier alpha value is 0.0900. The van der Waals surface area contributed by atoms with E-state index in [1.807, 2.05) is 25.6 Å². The fourth-order valence-electron chi connectivity index (χ4n) is 0.600. The lowest BCUT2D eigenvalue weighted by atomic mass is 10.3. The molecule has 0 rings (SSSR count). The average molecular weight is 160 g/mol. The van der Waals surface area contributed by atoms with Gasteiger partial charge in [0.25, 0.3) is 0 Å². The Kier molecular flexibility index (Phi) is 15.1. The van der Waals surface area contributed by atoms with Gasteiger partial charge in [0.2, 0.25) is 0 Å². The van der Waals surface area contributed by atoms with E-state index in [1.165, 1.54) is 17.7 Å². The highest BCUT2D eigenvalue weighted by atomic mass is 32.2. The molecule has 0 aliphatic rings. The molecule has 62 valence electrons. The summed E-state index contributed by atoms with van der Waals surface area (Å²) in [5.74, 6) is 0. The summed E-state index contributed by atoms with van der Waals surface area (Å²) in [6.45, 7) is 8.36. The second-order valence-corrected chi connectivity index (χ2v) is 2.57. The molecule has 0 N–H and O–H groups in total. The first-order valence-corrected chi connectivity index (χ1v) is 5.30. The van der Waals surface area contributed by atoms with Crippen LogP contribution in [0.3, 0.4) is 0 Å². The van der Waals surface area contributed by atoms with Gasteiger partial charge in [-0.3, -0.25) is 0 Å². The van der Waals surface area contributed by atoms with Gasteiger partial charge in [-0.2, -0.15) is 0 Å². The first-order valence-electron chi connectivity index (χ1n) is 4.08. The molecule has 0 saturated heterocycles. The van der Waals surface area contributed by atoms with E-state index < -0.39 is 0 Å². The molecule has 0 aromatic rings. The summed E-state index contributed by atoms with van der Waals surface area (Å²) in [5.41, 5.74) is 0. The molecule has 0 aromatic heterocycles. The third kappa shape index (κ3) is 8.09. The Labute approximate surface area is 70.1 Å². The lowest BCUT2D eigenvalue weighted by Crippen LogP contribution is -1.69. The van der Waals surface area contributed by atoms with Gasteiger partial charge in [0.05, 0.1) is 0 Å². The third-order valence-electron chi connectivity index (χ3n) is 1.04. The Morgan fingerprint density at radius 1 is 1.30 bits per heavy atom. The molecule has 0 unspecified atom stereocenters. The number of allylic oxidation sites excluding steroid dienone is 2. The van der Waals surface area contributed by atoms with Crippen LogP contribution < -0.4 is 0 Å². The van der Waals surface area contributed by atoms with Crippen LogP contribution >= 0.6 is 11.8 Å². The number of hydrogen-bond acceptors (Lipinski definition) is 1. The highest BCUT2D eigenvalue weighted by Crippen LogP contribution is 2.14. The molecule has 0 fully saturated rings. The molecule has 0 atom stereocenters. The molecule has 0 aromatic carbocycles. The highest BCUT2D eigenvalue weighted by Gasteiger charge is 1.85. The van der Waals surface area contributed by atoms with Crippen molar-refractivity contribution in [2.45, 2.75) is 40.5 Å². The van der Waals surface area contributed by atoms with Gasteiger partial charge < -0.3 is 0 Å². The minimum atomic E-state index is 1.17. The van der Waals surface area contributed by atoms with Crippen LogP contribution in [0, 0.1) is 0 Å². The predicted molar refractivity (Wildman–Crippen MR) is 53.5 cm³/mol. The molecule has 1 heteroatoms. The van der Waals surface area contributed by atoms with E-state index in [1.54, 1.807) is 0 Å². The Bertz CT molecular complexity index is 68.8. The monoisotopic (exact) mass is 160 g/mol. The van der Waals surface area contributed by atoms with E-state index in [2.05, 4.69) is 26.2 Å². The summed E-state index contributed by atoms with van der Waals surface area (Å²) in [6.07, 6.45) is 6.77. The fraction of sp³-hybridized carbons (Fsp3) is 0.778. The molecule has 0 amide bonds. The largest absolute Gasteiger partial charge is 0.134 e. The van der Waals surface area contributed by atoms with Crippen LogP contribution in [-0.4, -0.2) is 6.26 Å². The molecular formula is C9H20S. The van der Waals surface area contributed by atoms with Gasteiger partial charge in [-0.25, -0.2) is 0 Å². The summed E-state index contributed by atoms with van der Waals surface area (Å²) < 4.78 is 0. The van der Waals surface area contributed by atoms with Crippen molar-refractivity contribution < 1.29 is 0 Å². The normalized spacial score (nSPS) is 10.3. The molecule has 0 saturated carbocycles. The van der Waals surface area contributed by atoms with E-state index in [4.69, 9.17) is 0 Å². The third-order valence-corrected chi connectivity index (χ3v) is 2.02. The first-order chi connectivity index (χ1) is 4.85. The van der Waals surface area contributed by atoms with Gasteiger partial charge in [0, 0.05) is 0 Å². The van der Waals surface area contributed by atoms with Gasteiger partial charge in [0.1, 0.15) is 0 Å². The van der Waals surface area contributed by atoms with Gasteiger partial charge in [-0.05, 0) is 24.0 Å². The van der Waals surface area contributed by atoms with Crippen LogP contribution in [0.5, 0.6) is 0 Å². The predicted octanol–water partition coefficient (Wildman–Crippen LogP) is 4.08. The van der Waals surface area contributed by atoms with Crippen LogP contribution in [0.25, 0.3) is 0 Å². The Balaban J connectivity index is 0. The van der Waals surface area contributed by atoms with Crippen molar-refractivity contribution in [2.24, 2.45) is 0 Å². The molecule has 0 aliphatic heterocycles. The minimum Gasteiger partial charge on any atom is -0.134 e. The first kappa shape index (κ1) is 12.7. The number of thioether (sulfide) groups is 1. The van der Waals surface area contributed by atoms with Gasteiger partial charge >= 0.3 is 0 Å². The summed E-state index contributed by atoms with van der Waals surface area (Å²) in [4.78, 5) is 1.51. The lowest BCUT2D eigenvalue weighted by Gasteiger charge is -1.95. The topological polar surface area (TPSA) is 0 Å². The van der Waals surface area contributed by atoms with Crippen LogP contribution in [0.2, 0.25) is 0 Å². The number of rotatable bonds is 3. The minimum absolute atomic E-state index is 1.17. The standard InChI is InChI=1S/C7H14S.C2H6/c1-4-6-7(5-2)8-3;1-2/h6H,4-5H2,1-3H3;1-2H3/b7-6-;. The van der Waals surface area contributed by atoms with Crippen LogP contribution in [0.15, 0.2) is 11.0 Å². The molecule has 0 nitrogen and oxygen atoms in total. The Morgan fingerprint density at radius 3 is 1.90 bits per heavy atom. The highest BCUT2D eigenvalue weighted by molar-refractivity contribution is 8.02. The van der Waals surface area contributed by atoms with E-state index in [0.717, 1.165) is 0 Å². The zero-order chi connectivity index (χ0) is 8.41. The van der Waals surface area contributed by atoms with E-state index in [0.29, 0.717) is 0 Å². The van der Waals surface area contributed by atoms with Crippen molar-refractivity contribution in [1.29, 1.82) is 0 Å². The number of hydrogen-bond donors (Lipinski definition) is 0. The van der Waals surface area contributed by atoms with Gasteiger partial charge in [-0.15, -0.1) is 11.8 Å². The quantitative estimate of drug-likeness (QED) is 0.599. The molecule has 0 aliphatic carbocycles. The second-order valence-electron chi connectivity index (χ2n) is 1.64. The van der Waals surface area contributed by atoms with E-state index >= 15 is 0 Å². The maximum absolute atomic E-state index is 2.28. The lowest BCUT2D eigenvalue weighted by molar-refractivity contribution is 1.14. The maximum atomic E-state index is 2.28. The van der Waals surface area contributed by atoms with E-state index in [9.17, 15) is 0 Å². The van der Waals surface area contributed by atoms with Crippen molar-refractivity contribution in [1.82, 2.24) is 0 Å². The molecule has 10 heavy (non-hydrogen) atoms. The molecule has 0 heterocycles. The zero-order valence-electron chi connectivity index (χ0n) is 7.90. The van der Waals surface area contributed by atoms with E-state index in [-0.39, 0.29) is 0 Å². The smallest absolute Gasteiger partial charge is 0.0140 e. The van der Waals surface area contributed by atoms with Crippen molar-refractivity contribution in [3.8, 4) is 0 Å². The molecular weight excluding hydrogens is 140 g/mol. The van der Waals surface area contributed by atoms with Gasteiger partial charge in [-0.1, -0.05) is 33.8 Å². The SMILES string of the molecule is CC.CC/C=C(/CC)SC. The second kappa shape index (κ2) is 11.8. The summed E-state index contributed by atoms with van der Waals surface area (Å²) in [5, 5.41) is 0. The summed E-state index contributed by atoms with van der Waals surface area (Å²) in [7, 11) is 0.